The van der Waals surface area contributed by atoms with Gasteiger partial charge in [0.2, 0.25) is 0 Å². The fourth-order valence-corrected chi connectivity index (χ4v) is 1.87. The lowest BCUT2D eigenvalue weighted by Gasteiger charge is -2.21. The fraction of sp³-hybridized carbons (Fsp3) is 0.333. The second-order valence-corrected chi connectivity index (χ2v) is 4.13. The second-order valence-electron chi connectivity index (χ2n) is 3.69. The molecule has 1 aromatic rings. The summed E-state index contributed by atoms with van der Waals surface area (Å²) in [5.74, 6) is -0.245. The number of guanidine groups is 1. The topological polar surface area (TPSA) is 84.7 Å². The highest BCUT2D eigenvalue weighted by atomic mass is 35.5. The zero-order chi connectivity index (χ0) is 13.7. The van der Waals surface area contributed by atoms with Crippen molar-refractivity contribution >= 4 is 29.3 Å². The number of nitrogens with two attached hydrogens (primary N) is 2. The van der Waals surface area contributed by atoms with Crippen LogP contribution in [0.5, 0.6) is 0 Å². The van der Waals surface area contributed by atoms with E-state index >= 15 is 0 Å². The third-order valence-electron chi connectivity index (χ3n) is 2.49. The van der Waals surface area contributed by atoms with Gasteiger partial charge in [-0.3, -0.25) is 4.90 Å². The number of benzene rings is 1. The minimum absolute atomic E-state index is 0.245. The summed E-state index contributed by atoms with van der Waals surface area (Å²) in [6.07, 6.45) is 0.765. The quantitative estimate of drug-likeness (QED) is 0.650. The first-order valence-electron chi connectivity index (χ1n) is 5.69. The van der Waals surface area contributed by atoms with Gasteiger partial charge in [0.15, 0.2) is 5.96 Å². The van der Waals surface area contributed by atoms with Crippen molar-refractivity contribution < 1.29 is 4.79 Å². The molecule has 0 aliphatic carbocycles. The van der Waals surface area contributed by atoms with E-state index in [1.54, 1.807) is 12.1 Å². The standard InChI is InChI=1S/C12H17ClN4O/c1-3-8-7-9(13)5-6-10(8)17(4-2)12(18)16-11(14)15/h5-7H,3-4H2,1-2H3,(H4,14,15,16,18). The van der Waals surface area contributed by atoms with Crippen LogP contribution >= 0.6 is 11.6 Å². The number of anilines is 1. The summed E-state index contributed by atoms with van der Waals surface area (Å²) in [5, 5.41) is 0.640. The van der Waals surface area contributed by atoms with E-state index in [1.165, 1.54) is 4.90 Å². The van der Waals surface area contributed by atoms with Crippen LogP contribution in [0, 0.1) is 0 Å². The average molecular weight is 269 g/mol. The van der Waals surface area contributed by atoms with E-state index in [9.17, 15) is 4.79 Å². The monoisotopic (exact) mass is 268 g/mol. The van der Waals surface area contributed by atoms with Crippen LogP contribution in [0.4, 0.5) is 10.5 Å². The molecule has 0 unspecified atom stereocenters. The number of urea groups is 1. The number of aliphatic imine (C=N–C) groups is 1. The Balaban J connectivity index is 3.16. The van der Waals surface area contributed by atoms with Gasteiger partial charge in [0, 0.05) is 17.3 Å². The van der Waals surface area contributed by atoms with Gasteiger partial charge >= 0.3 is 6.03 Å². The van der Waals surface area contributed by atoms with Gasteiger partial charge in [-0.2, -0.15) is 4.99 Å². The van der Waals surface area contributed by atoms with Gasteiger partial charge in [-0.05, 0) is 37.1 Å². The number of nitrogens with zero attached hydrogens (tertiary/aromatic N) is 2. The van der Waals surface area contributed by atoms with Crippen molar-refractivity contribution in [2.24, 2.45) is 16.5 Å². The molecule has 18 heavy (non-hydrogen) atoms. The van der Waals surface area contributed by atoms with Crippen molar-refractivity contribution in [3.63, 3.8) is 0 Å². The van der Waals surface area contributed by atoms with Crippen LogP contribution in [0.2, 0.25) is 5.02 Å². The number of hydrogen-bond acceptors (Lipinski definition) is 1. The second kappa shape index (κ2) is 6.26. The molecule has 0 fully saturated rings. The van der Waals surface area contributed by atoms with E-state index in [4.69, 9.17) is 23.1 Å². The smallest absolute Gasteiger partial charge is 0.351 e. The predicted molar refractivity (Wildman–Crippen MR) is 75.1 cm³/mol. The number of rotatable bonds is 3. The van der Waals surface area contributed by atoms with E-state index in [-0.39, 0.29) is 5.96 Å². The highest BCUT2D eigenvalue weighted by Crippen LogP contribution is 2.25. The number of amides is 2. The molecular formula is C12H17ClN4O. The van der Waals surface area contributed by atoms with Crippen LogP contribution in [0.1, 0.15) is 19.4 Å². The predicted octanol–water partition coefficient (Wildman–Crippen LogP) is 2.12. The van der Waals surface area contributed by atoms with Gasteiger partial charge in [-0.15, -0.1) is 0 Å². The van der Waals surface area contributed by atoms with Gasteiger partial charge in [0.05, 0.1) is 0 Å². The molecule has 0 saturated heterocycles. The number of carbonyl (C=O) groups is 1. The molecule has 4 N–H and O–H groups in total. The lowest BCUT2D eigenvalue weighted by atomic mass is 10.1. The Morgan fingerprint density at radius 3 is 2.56 bits per heavy atom. The molecule has 1 aromatic carbocycles. The third-order valence-corrected chi connectivity index (χ3v) is 2.72. The van der Waals surface area contributed by atoms with Crippen molar-refractivity contribution in [1.82, 2.24) is 0 Å². The summed E-state index contributed by atoms with van der Waals surface area (Å²) in [6.45, 7) is 4.33. The Morgan fingerprint density at radius 2 is 2.06 bits per heavy atom. The maximum atomic E-state index is 11.9. The molecule has 0 radical (unpaired) electrons. The summed E-state index contributed by atoms with van der Waals surface area (Å²) in [5.41, 5.74) is 12.2. The molecule has 2 amide bonds. The van der Waals surface area contributed by atoms with Crippen molar-refractivity contribution in [2.75, 3.05) is 11.4 Å². The molecule has 0 aliphatic heterocycles. The molecule has 0 aromatic heterocycles. The van der Waals surface area contributed by atoms with E-state index in [2.05, 4.69) is 4.99 Å². The van der Waals surface area contributed by atoms with E-state index in [0.29, 0.717) is 11.6 Å². The van der Waals surface area contributed by atoms with Gasteiger partial charge in [-0.1, -0.05) is 18.5 Å². The van der Waals surface area contributed by atoms with Gasteiger partial charge < -0.3 is 11.5 Å². The molecule has 5 nitrogen and oxygen atoms in total. The van der Waals surface area contributed by atoms with Crippen LogP contribution in [0.3, 0.4) is 0 Å². The molecule has 6 heteroatoms. The Labute approximate surface area is 111 Å². The normalized spacial score (nSPS) is 9.94. The summed E-state index contributed by atoms with van der Waals surface area (Å²) in [6, 6.07) is 4.89. The maximum absolute atomic E-state index is 11.9. The van der Waals surface area contributed by atoms with Crippen LogP contribution < -0.4 is 16.4 Å². The molecule has 0 aliphatic rings. The van der Waals surface area contributed by atoms with Crippen LogP contribution in [-0.2, 0) is 6.42 Å². The molecule has 0 bridgehead atoms. The van der Waals surface area contributed by atoms with Crippen molar-refractivity contribution in [1.29, 1.82) is 0 Å². The molecule has 0 spiro atoms. The summed E-state index contributed by atoms with van der Waals surface area (Å²) in [4.78, 5) is 16.9. The molecule has 0 heterocycles. The van der Waals surface area contributed by atoms with Crippen molar-refractivity contribution in [2.45, 2.75) is 20.3 Å². The summed E-state index contributed by atoms with van der Waals surface area (Å²) < 4.78 is 0. The number of halogens is 1. The van der Waals surface area contributed by atoms with Crippen molar-refractivity contribution in [3.8, 4) is 0 Å². The zero-order valence-corrected chi connectivity index (χ0v) is 11.2. The summed E-state index contributed by atoms with van der Waals surface area (Å²) >= 11 is 5.94. The fourth-order valence-electron chi connectivity index (χ4n) is 1.68. The highest BCUT2D eigenvalue weighted by Gasteiger charge is 2.16. The lowest BCUT2D eigenvalue weighted by molar-refractivity contribution is 0.254. The zero-order valence-electron chi connectivity index (χ0n) is 10.5. The first-order chi connectivity index (χ1) is 8.49. The minimum atomic E-state index is -0.477. The maximum Gasteiger partial charge on any atom is 0.351 e. The first-order valence-corrected chi connectivity index (χ1v) is 6.06. The Kier molecular flexibility index (Phi) is 4.97. The Morgan fingerprint density at radius 1 is 1.39 bits per heavy atom. The largest absolute Gasteiger partial charge is 0.370 e. The number of hydrogen-bond donors (Lipinski definition) is 2. The SMILES string of the molecule is CCc1cc(Cl)ccc1N(CC)C(=O)N=C(N)N. The minimum Gasteiger partial charge on any atom is -0.370 e. The average Bonchev–Trinajstić information content (AvgIpc) is 2.30. The van der Waals surface area contributed by atoms with E-state index in [1.807, 2.05) is 19.9 Å². The van der Waals surface area contributed by atoms with Crippen molar-refractivity contribution in [3.05, 3.63) is 28.8 Å². The number of aryl methyl sites for hydroxylation is 1. The van der Waals surface area contributed by atoms with E-state index in [0.717, 1.165) is 17.7 Å². The third kappa shape index (κ3) is 3.37. The van der Waals surface area contributed by atoms with E-state index < -0.39 is 6.03 Å². The first kappa shape index (κ1) is 14.3. The Bertz CT molecular complexity index is 469. The van der Waals surface area contributed by atoms with Crippen LogP contribution in [0.25, 0.3) is 0 Å². The van der Waals surface area contributed by atoms with Crippen LogP contribution in [0.15, 0.2) is 23.2 Å². The molecular weight excluding hydrogens is 252 g/mol. The highest BCUT2D eigenvalue weighted by molar-refractivity contribution is 6.30. The van der Waals surface area contributed by atoms with Crippen LogP contribution in [-0.4, -0.2) is 18.5 Å². The van der Waals surface area contributed by atoms with Gasteiger partial charge in [0.1, 0.15) is 0 Å². The lowest BCUT2D eigenvalue weighted by Crippen LogP contribution is -2.33. The Hall–Kier alpha value is -1.75. The molecule has 0 saturated carbocycles. The number of carbonyl (C=O) groups excluding carboxylic acids is 1. The molecule has 1 rings (SSSR count). The van der Waals surface area contributed by atoms with Gasteiger partial charge in [0.25, 0.3) is 0 Å². The summed E-state index contributed by atoms with van der Waals surface area (Å²) in [7, 11) is 0. The molecule has 98 valence electrons. The molecule has 0 atom stereocenters. The van der Waals surface area contributed by atoms with Gasteiger partial charge in [-0.25, -0.2) is 4.79 Å².